The molecule has 0 aliphatic carbocycles. The number of nitrogens with zero attached hydrogens (tertiary/aromatic N) is 3. The molecule has 3 saturated heterocycles. The first-order valence-electron chi connectivity index (χ1n) is 9.31. The minimum atomic E-state index is -1.14. The summed E-state index contributed by atoms with van der Waals surface area (Å²) in [4.78, 5) is 37.8. The van der Waals surface area contributed by atoms with Crippen molar-refractivity contribution in [3.63, 3.8) is 0 Å². The van der Waals surface area contributed by atoms with Crippen LogP contribution in [0.25, 0.3) is 0 Å². The lowest BCUT2D eigenvalue weighted by Gasteiger charge is -2.48. The summed E-state index contributed by atoms with van der Waals surface area (Å²) in [6.45, 7) is 2.42. The van der Waals surface area contributed by atoms with Gasteiger partial charge in [-0.2, -0.15) is 0 Å². The van der Waals surface area contributed by atoms with Gasteiger partial charge >= 0.3 is 5.97 Å². The first kappa shape index (κ1) is 17.2. The maximum absolute atomic E-state index is 12.8. The molecule has 0 spiro atoms. The number of hydrogen-bond acceptors (Lipinski definition) is 5. The Morgan fingerprint density at radius 3 is 2.54 bits per heavy atom. The van der Waals surface area contributed by atoms with Gasteiger partial charge in [0.15, 0.2) is 0 Å². The lowest BCUT2D eigenvalue weighted by molar-refractivity contribution is -0.152. The van der Waals surface area contributed by atoms with Crippen molar-refractivity contribution < 1.29 is 19.5 Å². The fraction of sp³-hybridized carbons (Fsp3) is 0.611. The van der Waals surface area contributed by atoms with Gasteiger partial charge in [-0.15, -0.1) is 0 Å². The topological polar surface area (TPSA) is 107 Å². The van der Waals surface area contributed by atoms with Gasteiger partial charge in [-0.25, -0.2) is 9.80 Å². The van der Waals surface area contributed by atoms with Gasteiger partial charge in [0.1, 0.15) is 11.7 Å². The van der Waals surface area contributed by atoms with E-state index in [0.717, 1.165) is 25.9 Å². The average molecular weight is 360 g/mol. The molecule has 8 nitrogen and oxygen atoms in total. The van der Waals surface area contributed by atoms with Gasteiger partial charge in [0.05, 0.1) is 6.04 Å². The number of aliphatic carboxylic acids is 1. The number of amides is 2. The summed E-state index contributed by atoms with van der Waals surface area (Å²) in [6.07, 6.45) is 6.83. The molecule has 0 saturated carbocycles. The number of carboxylic acids is 1. The number of hydrazine groups is 1. The third-order valence-corrected chi connectivity index (χ3v) is 5.85. The highest BCUT2D eigenvalue weighted by atomic mass is 16.4. The number of fused-ring (bicyclic) bond motifs is 1. The molecular weight excluding hydrogens is 336 g/mol. The minimum absolute atomic E-state index is 0.00956. The van der Waals surface area contributed by atoms with Crippen LogP contribution in [-0.4, -0.2) is 69.5 Å². The Balaban J connectivity index is 1.59. The Morgan fingerprint density at radius 1 is 1.12 bits per heavy atom. The predicted molar refractivity (Wildman–Crippen MR) is 92.3 cm³/mol. The number of hydrogen-bond donors (Lipinski definition) is 2. The number of allylic oxidation sites excluding steroid dienone is 2. The van der Waals surface area contributed by atoms with Gasteiger partial charge in [0.2, 0.25) is 5.91 Å². The predicted octanol–water partition coefficient (Wildman–Crippen LogP) is 0.217. The third-order valence-electron chi connectivity index (χ3n) is 5.85. The molecule has 140 valence electrons. The molecular formula is C18H24N4O4. The van der Waals surface area contributed by atoms with E-state index in [-0.39, 0.29) is 23.6 Å². The Kier molecular flexibility index (Phi) is 4.32. The summed E-state index contributed by atoms with van der Waals surface area (Å²) in [5.74, 6) is -1.53. The average Bonchev–Trinajstić information content (AvgIpc) is 3.01. The van der Waals surface area contributed by atoms with Crippen molar-refractivity contribution >= 4 is 17.8 Å². The van der Waals surface area contributed by atoms with Crippen molar-refractivity contribution in [2.75, 3.05) is 19.6 Å². The monoisotopic (exact) mass is 360 g/mol. The Labute approximate surface area is 151 Å². The van der Waals surface area contributed by atoms with Crippen molar-refractivity contribution in [3.8, 4) is 0 Å². The van der Waals surface area contributed by atoms with E-state index >= 15 is 0 Å². The fourth-order valence-corrected chi connectivity index (χ4v) is 4.44. The van der Waals surface area contributed by atoms with E-state index in [0.29, 0.717) is 37.0 Å². The molecule has 0 radical (unpaired) electrons. The second kappa shape index (κ2) is 6.51. The van der Waals surface area contributed by atoms with Crippen LogP contribution >= 0.6 is 0 Å². The van der Waals surface area contributed by atoms with Crippen LogP contribution in [0.4, 0.5) is 0 Å². The van der Waals surface area contributed by atoms with Gasteiger partial charge in [-0.1, -0.05) is 6.42 Å². The van der Waals surface area contributed by atoms with Crippen molar-refractivity contribution in [2.45, 2.75) is 50.6 Å². The van der Waals surface area contributed by atoms with Crippen LogP contribution in [0.1, 0.15) is 38.5 Å². The minimum Gasteiger partial charge on any atom is -0.477 e. The van der Waals surface area contributed by atoms with E-state index in [1.165, 1.54) is 11.3 Å². The molecule has 8 heteroatoms. The summed E-state index contributed by atoms with van der Waals surface area (Å²) >= 11 is 0. The normalized spacial score (nSPS) is 31.5. The Bertz CT molecular complexity index is 723. The van der Waals surface area contributed by atoms with Gasteiger partial charge in [-0.05, 0) is 43.8 Å². The van der Waals surface area contributed by atoms with Crippen molar-refractivity contribution in [1.29, 1.82) is 0 Å². The largest absolute Gasteiger partial charge is 0.477 e. The molecule has 3 N–H and O–H groups in total. The van der Waals surface area contributed by atoms with E-state index in [4.69, 9.17) is 5.73 Å². The van der Waals surface area contributed by atoms with E-state index in [1.807, 2.05) is 0 Å². The highest BCUT2D eigenvalue weighted by Gasteiger charge is 2.50. The zero-order valence-electron chi connectivity index (χ0n) is 14.7. The van der Waals surface area contributed by atoms with Gasteiger partial charge in [0, 0.05) is 25.2 Å². The molecule has 4 rings (SSSR count). The number of piperidine rings is 1. The molecule has 0 aromatic heterocycles. The Hall–Kier alpha value is -2.19. The number of rotatable bonds is 3. The summed E-state index contributed by atoms with van der Waals surface area (Å²) in [5, 5.41) is 13.5. The molecule has 0 bridgehead atoms. The highest BCUT2D eigenvalue weighted by Crippen LogP contribution is 2.37. The van der Waals surface area contributed by atoms with Crippen molar-refractivity contribution in [3.05, 3.63) is 22.9 Å². The number of carbonyl (C=O) groups is 3. The van der Waals surface area contributed by atoms with Crippen LogP contribution in [0.3, 0.4) is 0 Å². The molecule has 26 heavy (non-hydrogen) atoms. The summed E-state index contributed by atoms with van der Waals surface area (Å²) in [7, 11) is 0. The lowest BCUT2D eigenvalue weighted by atomic mass is 9.83. The van der Waals surface area contributed by atoms with Crippen molar-refractivity contribution in [2.24, 2.45) is 5.73 Å². The molecule has 4 heterocycles. The SMILES string of the molecule is N[C@@H]1C(=O)N2C(C(=O)O)=C(/C=C3\CCN(N4CCCCC4)C3=O)CC[C@H]12. The maximum Gasteiger partial charge on any atom is 0.352 e. The van der Waals surface area contributed by atoms with Gasteiger partial charge < -0.3 is 10.8 Å². The van der Waals surface area contributed by atoms with Crippen molar-refractivity contribution in [1.82, 2.24) is 14.9 Å². The molecule has 4 aliphatic heterocycles. The number of nitrogens with two attached hydrogens (primary N) is 1. The van der Waals surface area contributed by atoms with Crippen LogP contribution in [0, 0.1) is 0 Å². The molecule has 0 aromatic rings. The quantitative estimate of drug-likeness (QED) is 0.551. The number of carbonyl (C=O) groups excluding carboxylic acids is 2. The molecule has 0 aromatic carbocycles. The molecule has 0 unspecified atom stereocenters. The van der Waals surface area contributed by atoms with E-state index < -0.39 is 12.0 Å². The standard InChI is InChI=1S/C18H24N4O4/c19-14-13-5-4-11(15(18(25)26)22(13)17(14)24)10-12-6-9-21(16(12)23)20-7-2-1-3-8-20/h10,13-14H,1-9,19H2,(H,25,26)/b12-10+/t13-,14+/m1/s1. The summed E-state index contributed by atoms with van der Waals surface area (Å²) in [6, 6.07) is -0.846. The van der Waals surface area contributed by atoms with Crippen LogP contribution in [0.5, 0.6) is 0 Å². The van der Waals surface area contributed by atoms with Crippen LogP contribution in [0.2, 0.25) is 0 Å². The van der Waals surface area contributed by atoms with Gasteiger partial charge in [0.25, 0.3) is 5.91 Å². The van der Waals surface area contributed by atoms with E-state index in [1.54, 1.807) is 11.1 Å². The second-order valence-corrected chi connectivity index (χ2v) is 7.38. The van der Waals surface area contributed by atoms with E-state index in [9.17, 15) is 19.5 Å². The molecule has 3 fully saturated rings. The number of carboxylic acid groups (broad SMARTS) is 1. The van der Waals surface area contributed by atoms with Crippen LogP contribution < -0.4 is 5.73 Å². The third kappa shape index (κ3) is 2.64. The smallest absolute Gasteiger partial charge is 0.352 e. The zero-order chi connectivity index (χ0) is 18.4. The zero-order valence-corrected chi connectivity index (χ0v) is 14.7. The van der Waals surface area contributed by atoms with Gasteiger partial charge in [-0.3, -0.25) is 19.5 Å². The fourth-order valence-electron chi connectivity index (χ4n) is 4.44. The second-order valence-electron chi connectivity index (χ2n) is 7.38. The first-order chi connectivity index (χ1) is 12.5. The van der Waals surface area contributed by atoms with Crippen LogP contribution in [0.15, 0.2) is 22.9 Å². The highest BCUT2D eigenvalue weighted by molar-refractivity contribution is 6.01. The number of β-lactam (4-membered cyclic amide) rings is 1. The molecule has 2 amide bonds. The summed E-state index contributed by atoms with van der Waals surface area (Å²) in [5.41, 5.74) is 6.95. The molecule has 4 aliphatic rings. The lowest BCUT2D eigenvalue weighted by Crippen LogP contribution is -2.69. The summed E-state index contributed by atoms with van der Waals surface area (Å²) < 4.78 is 0. The van der Waals surface area contributed by atoms with Crippen LogP contribution in [-0.2, 0) is 14.4 Å². The van der Waals surface area contributed by atoms with E-state index in [2.05, 4.69) is 5.01 Å². The first-order valence-corrected chi connectivity index (χ1v) is 9.31. The maximum atomic E-state index is 12.8. The molecule has 2 atom stereocenters. The Morgan fingerprint density at radius 2 is 1.85 bits per heavy atom.